The molecule has 1 fully saturated rings. The Labute approximate surface area is 137 Å². The summed E-state index contributed by atoms with van der Waals surface area (Å²) in [5, 5.41) is 62.4. The second-order valence-electron chi connectivity index (χ2n) is 5.50. The van der Waals surface area contributed by atoms with Crippen molar-refractivity contribution in [1.29, 1.82) is 0 Å². The molecule has 1 aromatic rings. The SMILES string of the molecule is O=C(O)/C(=C/c1ccc(O)cc1)N[C@@H]1N[C@H](CO)[C@@H](O)[C@H](O)[C@H]1O. The number of phenols is 1. The van der Waals surface area contributed by atoms with Gasteiger partial charge in [0.15, 0.2) is 0 Å². The molecule has 0 amide bonds. The molecule has 0 aliphatic carbocycles. The zero-order chi connectivity index (χ0) is 17.9. The van der Waals surface area contributed by atoms with Crippen LogP contribution in [-0.2, 0) is 4.79 Å². The summed E-state index contributed by atoms with van der Waals surface area (Å²) in [6.45, 7) is -0.507. The highest BCUT2D eigenvalue weighted by Gasteiger charge is 2.42. The number of rotatable bonds is 5. The fraction of sp³-hybridized carbons (Fsp3) is 0.400. The van der Waals surface area contributed by atoms with Crippen molar-refractivity contribution in [3.05, 3.63) is 35.5 Å². The van der Waals surface area contributed by atoms with E-state index in [0.29, 0.717) is 5.56 Å². The maximum absolute atomic E-state index is 11.4. The van der Waals surface area contributed by atoms with Crippen LogP contribution >= 0.6 is 0 Å². The molecule has 0 radical (unpaired) electrons. The number of hydrogen-bond acceptors (Lipinski definition) is 8. The highest BCUT2D eigenvalue weighted by Crippen LogP contribution is 2.17. The average Bonchev–Trinajstić information content (AvgIpc) is 2.56. The first-order valence-corrected chi connectivity index (χ1v) is 7.25. The molecule has 1 aromatic carbocycles. The number of aliphatic hydroxyl groups is 4. The van der Waals surface area contributed by atoms with Gasteiger partial charge in [0.25, 0.3) is 0 Å². The number of piperidine rings is 1. The molecule has 24 heavy (non-hydrogen) atoms. The van der Waals surface area contributed by atoms with E-state index in [0.717, 1.165) is 0 Å². The monoisotopic (exact) mass is 340 g/mol. The van der Waals surface area contributed by atoms with Crippen LogP contribution in [0.3, 0.4) is 0 Å². The molecular formula is C15H20N2O7. The number of carboxylic acids is 1. The quantitative estimate of drug-likeness (QED) is 0.277. The van der Waals surface area contributed by atoms with E-state index in [-0.39, 0.29) is 11.4 Å². The van der Waals surface area contributed by atoms with E-state index >= 15 is 0 Å². The molecule has 1 saturated heterocycles. The van der Waals surface area contributed by atoms with Crippen LogP contribution < -0.4 is 10.6 Å². The van der Waals surface area contributed by atoms with Crippen LogP contribution in [0.15, 0.2) is 30.0 Å². The standard InChI is InChI=1S/C15H20N2O7/c18-6-10-11(20)12(21)13(22)14(17-10)16-9(15(23)24)5-7-1-3-8(19)4-2-7/h1-5,10-14,16-22H,6H2,(H,23,24)/b9-5-/t10-,11-,12+,13-,14-/m1/s1. The topological polar surface area (TPSA) is 163 Å². The summed E-state index contributed by atoms with van der Waals surface area (Å²) in [6.07, 6.45) is -4.26. The Bertz CT molecular complexity index is 602. The number of nitrogens with one attached hydrogen (secondary N) is 2. The first-order valence-electron chi connectivity index (χ1n) is 7.25. The molecular weight excluding hydrogens is 320 g/mol. The molecule has 5 atom stereocenters. The minimum Gasteiger partial charge on any atom is -0.508 e. The van der Waals surface area contributed by atoms with E-state index in [1.807, 2.05) is 0 Å². The molecule has 1 heterocycles. The lowest BCUT2D eigenvalue weighted by Crippen LogP contribution is -2.69. The molecule has 132 valence electrons. The second-order valence-corrected chi connectivity index (χ2v) is 5.50. The largest absolute Gasteiger partial charge is 0.508 e. The Balaban J connectivity index is 2.20. The van der Waals surface area contributed by atoms with Crippen LogP contribution in [0.25, 0.3) is 6.08 Å². The fourth-order valence-electron chi connectivity index (χ4n) is 2.42. The number of phenolic OH excluding ortho intramolecular Hbond substituents is 1. The molecule has 0 saturated carbocycles. The predicted molar refractivity (Wildman–Crippen MR) is 82.7 cm³/mol. The summed E-state index contributed by atoms with van der Waals surface area (Å²) >= 11 is 0. The molecule has 1 aliphatic rings. The van der Waals surface area contributed by atoms with Crippen molar-refractivity contribution in [2.45, 2.75) is 30.5 Å². The van der Waals surface area contributed by atoms with Crippen LogP contribution in [0, 0.1) is 0 Å². The predicted octanol–water partition coefficient (Wildman–Crippen LogP) is -2.22. The molecule has 9 heteroatoms. The number of aliphatic carboxylic acids is 1. The van der Waals surface area contributed by atoms with Crippen LogP contribution in [0.2, 0.25) is 0 Å². The van der Waals surface area contributed by atoms with Crippen LogP contribution in [-0.4, -0.2) is 73.7 Å². The minimum absolute atomic E-state index is 0.0317. The number of hydrogen-bond donors (Lipinski definition) is 8. The molecule has 2 rings (SSSR count). The lowest BCUT2D eigenvalue weighted by atomic mass is 9.94. The Morgan fingerprint density at radius 1 is 1.12 bits per heavy atom. The van der Waals surface area contributed by atoms with Gasteiger partial charge >= 0.3 is 5.97 Å². The van der Waals surface area contributed by atoms with Gasteiger partial charge in [-0.2, -0.15) is 0 Å². The highest BCUT2D eigenvalue weighted by atomic mass is 16.4. The van der Waals surface area contributed by atoms with Gasteiger partial charge in [-0.1, -0.05) is 12.1 Å². The van der Waals surface area contributed by atoms with E-state index in [1.54, 1.807) is 0 Å². The average molecular weight is 340 g/mol. The summed E-state index contributed by atoms with van der Waals surface area (Å²) in [5.74, 6) is -1.28. The Morgan fingerprint density at radius 2 is 1.75 bits per heavy atom. The van der Waals surface area contributed by atoms with E-state index in [4.69, 9.17) is 0 Å². The summed E-state index contributed by atoms with van der Waals surface area (Å²) < 4.78 is 0. The first kappa shape index (κ1) is 18.2. The van der Waals surface area contributed by atoms with E-state index in [2.05, 4.69) is 10.6 Å². The van der Waals surface area contributed by atoms with E-state index < -0.39 is 43.1 Å². The van der Waals surface area contributed by atoms with Gasteiger partial charge in [0.2, 0.25) is 0 Å². The second kappa shape index (κ2) is 7.60. The summed E-state index contributed by atoms with van der Waals surface area (Å²) in [4.78, 5) is 11.4. The van der Waals surface area contributed by atoms with Gasteiger partial charge in [-0.25, -0.2) is 4.79 Å². The zero-order valence-electron chi connectivity index (χ0n) is 12.6. The number of carboxylic acid groups (broad SMARTS) is 1. The molecule has 0 spiro atoms. The smallest absolute Gasteiger partial charge is 0.352 e. The first-order chi connectivity index (χ1) is 11.3. The van der Waals surface area contributed by atoms with Crippen molar-refractivity contribution in [2.24, 2.45) is 0 Å². The van der Waals surface area contributed by atoms with Gasteiger partial charge in [0.1, 0.15) is 35.9 Å². The van der Waals surface area contributed by atoms with Crippen molar-refractivity contribution >= 4 is 12.0 Å². The molecule has 9 nitrogen and oxygen atoms in total. The van der Waals surface area contributed by atoms with Crippen molar-refractivity contribution in [3.63, 3.8) is 0 Å². The fourth-order valence-corrected chi connectivity index (χ4v) is 2.42. The van der Waals surface area contributed by atoms with Crippen molar-refractivity contribution < 1.29 is 35.4 Å². The lowest BCUT2D eigenvalue weighted by molar-refractivity contribution is -0.135. The van der Waals surface area contributed by atoms with Crippen LogP contribution in [0.1, 0.15) is 5.56 Å². The normalized spacial score (nSPS) is 30.8. The molecule has 0 aromatic heterocycles. The van der Waals surface area contributed by atoms with Gasteiger partial charge in [-0.15, -0.1) is 0 Å². The van der Waals surface area contributed by atoms with Crippen molar-refractivity contribution in [2.75, 3.05) is 6.61 Å². The summed E-state index contributed by atoms with van der Waals surface area (Å²) in [6, 6.07) is 4.85. The Kier molecular flexibility index (Phi) is 5.75. The third-order valence-corrected chi connectivity index (χ3v) is 3.79. The number of benzene rings is 1. The zero-order valence-corrected chi connectivity index (χ0v) is 12.6. The maximum Gasteiger partial charge on any atom is 0.352 e. The number of carbonyl (C=O) groups is 1. The third kappa shape index (κ3) is 4.02. The Hall–Kier alpha value is -2.17. The van der Waals surface area contributed by atoms with Crippen molar-refractivity contribution in [1.82, 2.24) is 10.6 Å². The van der Waals surface area contributed by atoms with E-state index in [1.165, 1.54) is 30.3 Å². The summed E-state index contributed by atoms with van der Waals surface area (Å²) in [5.41, 5.74) is 0.208. The van der Waals surface area contributed by atoms with Gasteiger partial charge in [-0.3, -0.25) is 5.32 Å². The van der Waals surface area contributed by atoms with Gasteiger partial charge in [-0.05, 0) is 23.8 Å². The molecule has 1 aliphatic heterocycles. The number of aliphatic hydroxyl groups excluding tert-OH is 4. The third-order valence-electron chi connectivity index (χ3n) is 3.79. The Morgan fingerprint density at radius 3 is 2.29 bits per heavy atom. The van der Waals surface area contributed by atoms with Gasteiger partial charge in [0.05, 0.1) is 12.6 Å². The minimum atomic E-state index is -1.55. The molecule has 0 bridgehead atoms. The molecule has 8 N–H and O–H groups in total. The highest BCUT2D eigenvalue weighted by molar-refractivity contribution is 5.91. The van der Waals surface area contributed by atoms with Crippen LogP contribution in [0.5, 0.6) is 5.75 Å². The van der Waals surface area contributed by atoms with Gasteiger partial charge in [0, 0.05) is 0 Å². The molecule has 0 unspecified atom stereocenters. The van der Waals surface area contributed by atoms with Crippen molar-refractivity contribution in [3.8, 4) is 5.75 Å². The maximum atomic E-state index is 11.4. The number of aromatic hydroxyl groups is 1. The van der Waals surface area contributed by atoms with E-state index in [9.17, 15) is 35.4 Å². The van der Waals surface area contributed by atoms with Gasteiger partial charge < -0.3 is 36.0 Å². The lowest BCUT2D eigenvalue weighted by Gasteiger charge is -2.41. The summed E-state index contributed by atoms with van der Waals surface area (Å²) in [7, 11) is 0. The van der Waals surface area contributed by atoms with Crippen LogP contribution in [0.4, 0.5) is 0 Å².